The Morgan fingerprint density at radius 3 is 2.47 bits per heavy atom. The van der Waals surface area contributed by atoms with Crippen LogP contribution in [-0.2, 0) is 10.0 Å². The molecule has 1 atom stereocenters. The summed E-state index contributed by atoms with van der Waals surface area (Å²) >= 11 is 1.53. The van der Waals surface area contributed by atoms with E-state index in [1.807, 2.05) is 24.4 Å². The molecular weight excluding hydrogens is 282 g/mol. The molecule has 19 heavy (non-hydrogen) atoms. The van der Waals surface area contributed by atoms with Gasteiger partial charge >= 0.3 is 0 Å². The molecule has 0 saturated heterocycles. The number of aromatic hydroxyl groups is 1. The van der Waals surface area contributed by atoms with Gasteiger partial charge in [-0.15, -0.1) is 11.3 Å². The molecule has 4 nitrogen and oxygen atoms in total. The minimum absolute atomic E-state index is 0.0456. The van der Waals surface area contributed by atoms with Crippen molar-refractivity contribution in [3.05, 3.63) is 46.7 Å². The van der Waals surface area contributed by atoms with Crippen LogP contribution in [0, 0.1) is 0 Å². The fourth-order valence-corrected chi connectivity index (χ4v) is 3.95. The lowest BCUT2D eigenvalue weighted by molar-refractivity contribution is 0.474. The first-order valence-corrected chi connectivity index (χ1v) is 8.24. The zero-order valence-electron chi connectivity index (χ0n) is 10.4. The summed E-state index contributed by atoms with van der Waals surface area (Å²) in [7, 11) is -3.57. The smallest absolute Gasteiger partial charge is 0.241 e. The molecule has 1 aromatic carbocycles. The molecule has 6 heteroatoms. The van der Waals surface area contributed by atoms with Gasteiger partial charge in [0.05, 0.1) is 10.9 Å². The van der Waals surface area contributed by atoms with Gasteiger partial charge in [0.25, 0.3) is 0 Å². The Bertz CT molecular complexity index is 618. The molecule has 2 rings (SSSR count). The Morgan fingerprint density at radius 2 is 1.95 bits per heavy atom. The molecule has 1 heterocycles. The van der Waals surface area contributed by atoms with E-state index >= 15 is 0 Å². The molecule has 2 aromatic rings. The molecule has 0 aliphatic carbocycles. The highest BCUT2D eigenvalue weighted by atomic mass is 32.2. The summed E-state index contributed by atoms with van der Waals surface area (Å²) < 4.78 is 27.1. The van der Waals surface area contributed by atoms with Gasteiger partial charge in [-0.05, 0) is 42.1 Å². The number of nitrogens with one attached hydrogen (secondary N) is 1. The van der Waals surface area contributed by atoms with E-state index in [0.717, 1.165) is 4.88 Å². The van der Waals surface area contributed by atoms with Crippen LogP contribution in [0.15, 0.2) is 46.7 Å². The van der Waals surface area contributed by atoms with E-state index in [9.17, 15) is 13.5 Å². The minimum Gasteiger partial charge on any atom is -0.508 e. The van der Waals surface area contributed by atoms with E-state index in [1.54, 1.807) is 0 Å². The van der Waals surface area contributed by atoms with Crippen LogP contribution in [-0.4, -0.2) is 13.5 Å². The molecule has 0 amide bonds. The van der Waals surface area contributed by atoms with Crippen molar-refractivity contribution < 1.29 is 13.5 Å². The van der Waals surface area contributed by atoms with E-state index in [4.69, 9.17) is 0 Å². The van der Waals surface area contributed by atoms with Crippen LogP contribution in [0.25, 0.3) is 0 Å². The normalized spacial score (nSPS) is 13.3. The summed E-state index contributed by atoms with van der Waals surface area (Å²) in [4.78, 5) is 1.14. The van der Waals surface area contributed by atoms with Gasteiger partial charge < -0.3 is 5.11 Å². The first-order chi connectivity index (χ1) is 9.03. The highest BCUT2D eigenvalue weighted by molar-refractivity contribution is 7.89. The van der Waals surface area contributed by atoms with Crippen molar-refractivity contribution in [3.63, 3.8) is 0 Å². The second-order valence-electron chi connectivity index (χ2n) is 4.09. The SMILES string of the molecule is CCC(NS(=O)(=O)c1ccc(O)cc1)c1cccs1. The fourth-order valence-electron chi connectivity index (χ4n) is 1.71. The Balaban J connectivity index is 2.23. The number of rotatable bonds is 5. The van der Waals surface area contributed by atoms with Crippen molar-refractivity contribution >= 4 is 21.4 Å². The maximum absolute atomic E-state index is 12.2. The first kappa shape index (κ1) is 14.0. The zero-order chi connectivity index (χ0) is 13.9. The standard InChI is InChI=1S/C13H15NO3S2/c1-2-12(13-4-3-9-18-13)14-19(16,17)11-7-5-10(15)6-8-11/h3-9,12,14-15H,2H2,1H3. The molecular formula is C13H15NO3S2. The number of phenols is 1. The van der Waals surface area contributed by atoms with Gasteiger partial charge in [0.2, 0.25) is 10.0 Å². The van der Waals surface area contributed by atoms with Crippen LogP contribution >= 0.6 is 11.3 Å². The predicted octanol–water partition coefficient (Wildman–Crippen LogP) is 2.88. The fraction of sp³-hybridized carbons (Fsp3) is 0.231. The van der Waals surface area contributed by atoms with Crippen LogP contribution in [0.4, 0.5) is 0 Å². The van der Waals surface area contributed by atoms with Gasteiger partial charge in [0.1, 0.15) is 5.75 Å². The molecule has 102 valence electrons. The third kappa shape index (κ3) is 3.34. The number of benzene rings is 1. The average molecular weight is 297 g/mol. The zero-order valence-corrected chi connectivity index (χ0v) is 12.0. The third-order valence-corrected chi connectivity index (χ3v) is 5.21. The van der Waals surface area contributed by atoms with Crippen molar-refractivity contribution in [3.8, 4) is 5.75 Å². The predicted molar refractivity (Wildman–Crippen MR) is 75.8 cm³/mol. The molecule has 1 aromatic heterocycles. The number of hydrogen-bond donors (Lipinski definition) is 2. The van der Waals surface area contributed by atoms with Crippen molar-refractivity contribution in [1.82, 2.24) is 4.72 Å². The summed E-state index contributed by atoms with van der Waals surface area (Å²) in [6.07, 6.45) is 0.678. The quantitative estimate of drug-likeness (QED) is 0.891. The maximum Gasteiger partial charge on any atom is 0.241 e. The highest BCUT2D eigenvalue weighted by Crippen LogP contribution is 2.24. The van der Waals surface area contributed by atoms with E-state index in [-0.39, 0.29) is 16.7 Å². The van der Waals surface area contributed by atoms with E-state index in [0.29, 0.717) is 6.42 Å². The monoisotopic (exact) mass is 297 g/mol. The van der Waals surface area contributed by atoms with Gasteiger partial charge in [-0.3, -0.25) is 0 Å². The minimum atomic E-state index is -3.57. The number of hydrogen-bond acceptors (Lipinski definition) is 4. The number of sulfonamides is 1. The number of thiophene rings is 1. The second-order valence-corrected chi connectivity index (χ2v) is 6.78. The molecule has 0 aliphatic rings. The Hall–Kier alpha value is -1.37. The van der Waals surface area contributed by atoms with Crippen molar-refractivity contribution in [2.24, 2.45) is 0 Å². The van der Waals surface area contributed by atoms with Crippen LogP contribution in [0.2, 0.25) is 0 Å². The Morgan fingerprint density at radius 1 is 1.26 bits per heavy atom. The van der Waals surface area contributed by atoms with E-state index in [1.165, 1.54) is 35.6 Å². The van der Waals surface area contributed by atoms with Crippen LogP contribution < -0.4 is 4.72 Å². The summed E-state index contributed by atoms with van der Waals surface area (Å²) in [5, 5.41) is 11.1. The number of phenolic OH excluding ortho intramolecular Hbond substituents is 1. The molecule has 0 fully saturated rings. The largest absolute Gasteiger partial charge is 0.508 e. The van der Waals surface area contributed by atoms with Crippen molar-refractivity contribution in [2.45, 2.75) is 24.3 Å². The molecule has 0 saturated carbocycles. The van der Waals surface area contributed by atoms with Crippen LogP contribution in [0.5, 0.6) is 5.75 Å². The lowest BCUT2D eigenvalue weighted by atomic mass is 10.2. The molecule has 2 N–H and O–H groups in total. The van der Waals surface area contributed by atoms with Gasteiger partial charge in [-0.1, -0.05) is 13.0 Å². The summed E-state index contributed by atoms with van der Waals surface area (Å²) in [6.45, 7) is 1.93. The topological polar surface area (TPSA) is 66.4 Å². The van der Waals surface area contributed by atoms with Crippen LogP contribution in [0.1, 0.15) is 24.3 Å². The van der Waals surface area contributed by atoms with Gasteiger partial charge in [0, 0.05) is 4.88 Å². The average Bonchev–Trinajstić information content (AvgIpc) is 2.90. The Kier molecular flexibility index (Phi) is 4.24. The van der Waals surface area contributed by atoms with Crippen molar-refractivity contribution in [2.75, 3.05) is 0 Å². The van der Waals surface area contributed by atoms with E-state index < -0.39 is 10.0 Å². The van der Waals surface area contributed by atoms with Gasteiger partial charge in [-0.2, -0.15) is 0 Å². The molecule has 0 radical (unpaired) electrons. The lowest BCUT2D eigenvalue weighted by Gasteiger charge is -2.15. The molecule has 1 unspecified atom stereocenters. The second kappa shape index (κ2) is 5.73. The van der Waals surface area contributed by atoms with Crippen molar-refractivity contribution in [1.29, 1.82) is 0 Å². The molecule has 0 aliphatic heterocycles. The van der Waals surface area contributed by atoms with Gasteiger partial charge in [0.15, 0.2) is 0 Å². The maximum atomic E-state index is 12.2. The Labute approximate surface area is 116 Å². The summed E-state index contributed by atoms with van der Waals surface area (Å²) in [6, 6.07) is 9.09. The highest BCUT2D eigenvalue weighted by Gasteiger charge is 2.20. The summed E-state index contributed by atoms with van der Waals surface area (Å²) in [5.74, 6) is 0.0456. The molecule has 0 bridgehead atoms. The first-order valence-electron chi connectivity index (χ1n) is 5.87. The molecule has 0 spiro atoms. The van der Waals surface area contributed by atoms with Gasteiger partial charge in [-0.25, -0.2) is 13.1 Å². The summed E-state index contributed by atoms with van der Waals surface area (Å²) in [5.41, 5.74) is 0. The van der Waals surface area contributed by atoms with E-state index in [2.05, 4.69) is 4.72 Å². The third-order valence-electron chi connectivity index (χ3n) is 2.74. The van der Waals surface area contributed by atoms with Crippen LogP contribution in [0.3, 0.4) is 0 Å². The lowest BCUT2D eigenvalue weighted by Crippen LogP contribution is -2.27.